The molecule has 1 atom stereocenters. The lowest BCUT2D eigenvalue weighted by Crippen LogP contribution is -2.08. The number of benzene rings is 2. The highest BCUT2D eigenvalue weighted by Gasteiger charge is 2.09. The zero-order valence-electron chi connectivity index (χ0n) is 10.9. The van der Waals surface area contributed by atoms with Crippen LogP contribution in [-0.4, -0.2) is 0 Å². The summed E-state index contributed by atoms with van der Waals surface area (Å²) in [5.74, 6) is 0. The van der Waals surface area contributed by atoms with E-state index in [2.05, 4.69) is 18.3 Å². The molecule has 0 aliphatic heterocycles. The molecule has 1 unspecified atom stereocenters. The standard InChI is InChI=1S/C16H15ClN2/c1-11-6-7-14(10-18)16(8-11)19-12(2)13-4-3-5-15(17)9-13/h3-9,12,19H,1-2H3. The highest BCUT2D eigenvalue weighted by atomic mass is 35.5. The minimum atomic E-state index is 0.0904. The molecule has 0 aliphatic carbocycles. The maximum absolute atomic E-state index is 9.13. The molecule has 2 aromatic carbocycles. The van der Waals surface area contributed by atoms with E-state index >= 15 is 0 Å². The van der Waals surface area contributed by atoms with Gasteiger partial charge in [-0.3, -0.25) is 0 Å². The van der Waals surface area contributed by atoms with Crippen LogP contribution in [0.4, 0.5) is 5.69 Å². The van der Waals surface area contributed by atoms with E-state index in [-0.39, 0.29) is 6.04 Å². The topological polar surface area (TPSA) is 35.8 Å². The molecule has 0 amide bonds. The fourth-order valence-electron chi connectivity index (χ4n) is 1.97. The molecule has 0 spiro atoms. The third kappa shape index (κ3) is 3.27. The van der Waals surface area contributed by atoms with Crippen molar-refractivity contribution in [3.8, 4) is 6.07 Å². The Hall–Kier alpha value is -1.98. The van der Waals surface area contributed by atoms with Gasteiger partial charge in [-0.05, 0) is 49.2 Å². The maximum Gasteiger partial charge on any atom is 0.101 e. The van der Waals surface area contributed by atoms with E-state index in [0.717, 1.165) is 21.8 Å². The van der Waals surface area contributed by atoms with Crippen LogP contribution >= 0.6 is 11.6 Å². The van der Waals surface area contributed by atoms with E-state index in [1.165, 1.54) is 0 Å². The zero-order chi connectivity index (χ0) is 13.8. The van der Waals surface area contributed by atoms with E-state index in [1.807, 2.05) is 49.4 Å². The summed E-state index contributed by atoms with van der Waals surface area (Å²) in [5, 5.41) is 13.2. The predicted octanol–water partition coefficient (Wildman–Crippen LogP) is 4.69. The number of anilines is 1. The van der Waals surface area contributed by atoms with E-state index in [4.69, 9.17) is 16.9 Å². The molecule has 2 nitrogen and oxygen atoms in total. The van der Waals surface area contributed by atoms with Crippen molar-refractivity contribution >= 4 is 17.3 Å². The number of halogens is 1. The van der Waals surface area contributed by atoms with Crippen LogP contribution in [0.3, 0.4) is 0 Å². The summed E-state index contributed by atoms with van der Waals surface area (Å²) in [6, 6.07) is 15.8. The average Bonchev–Trinajstić information content (AvgIpc) is 2.39. The van der Waals surface area contributed by atoms with Gasteiger partial charge in [-0.15, -0.1) is 0 Å². The molecule has 0 heterocycles. The Labute approximate surface area is 118 Å². The van der Waals surface area contributed by atoms with Crippen LogP contribution in [-0.2, 0) is 0 Å². The molecule has 0 saturated heterocycles. The fraction of sp³-hybridized carbons (Fsp3) is 0.188. The summed E-state index contributed by atoms with van der Waals surface area (Å²) < 4.78 is 0. The van der Waals surface area contributed by atoms with E-state index in [1.54, 1.807) is 0 Å². The van der Waals surface area contributed by atoms with Crippen LogP contribution in [0.15, 0.2) is 42.5 Å². The first-order valence-corrected chi connectivity index (χ1v) is 6.50. The van der Waals surface area contributed by atoms with E-state index < -0.39 is 0 Å². The maximum atomic E-state index is 9.13. The number of aryl methyl sites for hydroxylation is 1. The van der Waals surface area contributed by atoms with Gasteiger partial charge in [0.1, 0.15) is 6.07 Å². The lowest BCUT2D eigenvalue weighted by atomic mass is 10.1. The zero-order valence-corrected chi connectivity index (χ0v) is 11.7. The summed E-state index contributed by atoms with van der Waals surface area (Å²) in [4.78, 5) is 0. The largest absolute Gasteiger partial charge is 0.377 e. The van der Waals surface area contributed by atoms with Gasteiger partial charge >= 0.3 is 0 Å². The SMILES string of the molecule is Cc1ccc(C#N)c(NC(C)c2cccc(Cl)c2)c1. The summed E-state index contributed by atoms with van der Waals surface area (Å²) in [6.07, 6.45) is 0. The van der Waals surface area contributed by atoms with Crippen LogP contribution in [0.1, 0.15) is 29.7 Å². The molecule has 0 saturated carbocycles. The minimum Gasteiger partial charge on any atom is -0.377 e. The molecule has 2 rings (SSSR count). The molecule has 0 aliphatic rings. The monoisotopic (exact) mass is 270 g/mol. The summed E-state index contributed by atoms with van der Waals surface area (Å²) in [5.41, 5.74) is 3.73. The Morgan fingerprint density at radius 3 is 2.68 bits per heavy atom. The quantitative estimate of drug-likeness (QED) is 0.878. The second-order valence-electron chi connectivity index (χ2n) is 4.58. The molecule has 19 heavy (non-hydrogen) atoms. The normalized spacial score (nSPS) is 11.7. The minimum absolute atomic E-state index is 0.0904. The van der Waals surface area contributed by atoms with Crippen molar-refractivity contribution in [1.82, 2.24) is 0 Å². The molecule has 0 fully saturated rings. The summed E-state index contributed by atoms with van der Waals surface area (Å²) in [6.45, 7) is 4.06. The van der Waals surface area contributed by atoms with Gasteiger partial charge in [0.25, 0.3) is 0 Å². The first kappa shape index (κ1) is 13.5. The van der Waals surface area contributed by atoms with Gasteiger partial charge in [-0.25, -0.2) is 0 Å². The van der Waals surface area contributed by atoms with Crippen molar-refractivity contribution in [3.05, 3.63) is 64.2 Å². The summed E-state index contributed by atoms with van der Waals surface area (Å²) >= 11 is 6.00. The molecule has 2 aromatic rings. The fourth-order valence-corrected chi connectivity index (χ4v) is 2.17. The molecule has 96 valence electrons. The number of hydrogen-bond donors (Lipinski definition) is 1. The molecular weight excluding hydrogens is 256 g/mol. The van der Waals surface area contributed by atoms with Crippen molar-refractivity contribution in [2.45, 2.75) is 19.9 Å². The van der Waals surface area contributed by atoms with Crippen LogP contribution in [0, 0.1) is 18.3 Å². The van der Waals surface area contributed by atoms with E-state index in [0.29, 0.717) is 5.56 Å². The van der Waals surface area contributed by atoms with Gasteiger partial charge in [-0.1, -0.05) is 29.8 Å². The first-order valence-electron chi connectivity index (χ1n) is 6.13. The number of nitrogens with one attached hydrogen (secondary N) is 1. The highest BCUT2D eigenvalue weighted by molar-refractivity contribution is 6.30. The first-order chi connectivity index (χ1) is 9.10. The van der Waals surface area contributed by atoms with Crippen molar-refractivity contribution in [3.63, 3.8) is 0 Å². The number of hydrogen-bond acceptors (Lipinski definition) is 2. The molecule has 1 N–H and O–H groups in total. The Balaban J connectivity index is 2.26. The second kappa shape index (κ2) is 5.77. The van der Waals surface area contributed by atoms with Gasteiger partial charge in [0, 0.05) is 11.1 Å². The van der Waals surface area contributed by atoms with Gasteiger partial charge < -0.3 is 5.32 Å². The predicted molar refractivity (Wildman–Crippen MR) is 79.4 cm³/mol. The highest BCUT2D eigenvalue weighted by Crippen LogP contribution is 2.24. The van der Waals surface area contributed by atoms with Crippen molar-refractivity contribution in [2.24, 2.45) is 0 Å². The van der Waals surface area contributed by atoms with Crippen LogP contribution in [0.5, 0.6) is 0 Å². The Morgan fingerprint density at radius 2 is 2.00 bits per heavy atom. The molecule has 0 bridgehead atoms. The van der Waals surface area contributed by atoms with Gasteiger partial charge in [0.15, 0.2) is 0 Å². The third-order valence-electron chi connectivity index (χ3n) is 3.02. The van der Waals surface area contributed by atoms with Crippen LogP contribution < -0.4 is 5.32 Å². The number of nitriles is 1. The number of nitrogens with zero attached hydrogens (tertiary/aromatic N) is 1. The van der Waals surface area contributed by atoms with Crippen molar-refractivity contribution < 1.29 is 0 Å². The van der Waals surface area contributed by atoms with Crippen molar-refractivity contribution in [2.75, 3.05) is 5.32 Å². The third-order valence-corrected chi connectivity index (χ3v) is 3.25. The lowest BCUT2D eigenvalue weighted by Gasteiger charge is -2.17. The molecule has 3 heteroatoms. The summed E-state index contributed by atoms with van der Waals surface area (Å²) in [7, 11) is 0. The van der Waals surface area contributed by atoms with Crippen molar-refractivity contribution in [1.29, 1.82) is 5.26 Å². The van der Waals surface area contributed by atoms with Gasteiger partial charge in [0.05, 0.1) is 11.3 Å². The lowest BCUT2D eigenvalue weighted by molar-refractivity contribution is 0.883. The Bertz CT molecular complexity index is 629. The number of rotatable bonds is 3. The Morgan fingerprint density at radius 1 is 1.21 bits per heavy atom. The van der Waals surface area contributed by atoms with Gasteiger partial charge in [-0.2, -0.15) is 5.26 Å². The smallest absolute Gasteiger partial charge is 0.101 e. The Kier molecular flexibility index (Phi) is 4.09. The van der Waals surface area contributed by atoms with Crippen LogP contribution in [0.2, 0.25) is 5.02 Å². The second-order valence-corrected chi connectivity index (χ2v) is 5.02. The van der Waals surface area contributed by atoms with E-state index in [9.17, 15) is 0 Å². The molecular formula is C16H15ClN2. The molecule has 0 radical (unpaired) electrons. The van der Waals surface area contributed by atoms with Crippen LogP contribution in [0.25, 0.3) is 0 Å². The average molecular weight is 271 g/mol. The molecule has 0 aromatic heterocycles. The van der Waals surface area contributed by atoms with Gasteiger partial charge in [0.2, 0.25) is 0 Å².